The van der Waals surface area contributed by atoms with Crippen molar-refractivity contribution >= 4 is 50.2 Å². The van der Waals surface area contributed by atoms with Crippen molar-refractivity contribution in [1.29, 1.82) is 0 Å². The van der Waals surface area contributed by atoms with Crippen molar-refractivity contribution in [3.8, 4) is 22.9 Å². The Kier molecular flexibility index (Phi) is 12.3. The Labute approximate surface area is 317 Å². The standard InChI is InChI=1S/C16H13ClN4O5S.C16H13N5O4.Cr/c1-9-14(16(23)21(20-9)11-5-3-2-4-6-11)19-18-12-7-10(17)8-13(15(12)22)27(24,25)26;1-10-15(16(23)20(19-10)11-5-3-2-4-6-11)18-17-13-8-7-12(21(24)25)9-14(13)22;/h2-8H,1H3,(H3,18,19,20,22,23,24,25,26);2-9H,1H3,(H2,17,18,19,22,23);/q;;+3/p-3. The van der Waals surface area contributed by atoms with E-state index in [1.54, 1.807) is 61.5 Å². The summed E-state index contributed by atoms with van der Waals surface area (Å²) < 4.78 is 35.8. The Bertz CT molecular complexity index is 2600. The SMILES string of the molecule is Cc1[n-]n(-c2ccccc2)c(=O)c1N=Nc1cc(Cl)cc(S(=O)(=O)[O-])c1[O-].Cc1[n-]n(-c2ccccc2)c(=O)c1N=Nc1ccc([N+](=O)[O-])cc1[O-].[Cr+3].[H+].[H+]. The molecule has 0 amide bonds. The number of hydrogen-bond donors (Lipinski definition) is 0. The predicted octanol–water partition coefficient (Wildman–Crippen LogP) is 4.87. The maximum atomic E-state index is 12.5. The van der Waals surface area contributed by atoms with Crippen LogP contribution >= 0.6 is 11.6 Å². The van der Waals surface area contributed by atoms with E-state index >= 15 is 0 Å². The summed E-state index contributed by atoms with van der Waals surface area (Å²) in [5.41, 5.74) is -0.398. The van der Waals surface area contributed by atoms with Crippen LogP contribution in [0.1, 0.15) is 14.2 Å². The van der Waals surface area contributed by atoms with Crippen LogP contribution in [0.5, 0.6) is 11.5 Å². The first-order chi connectivity index (χ1) is 24.6. The second kappa shape index (κ2) is 16.5. The average Bonchev–Trinajstić information content (AvgIpc) is 3.56. The number of non-ortho nitro benzene ring substituents is 1. The molecule has 6 aromatic rings. The summed E-state index contributed by atoms with van der Waals surface area (Å²) in [4.78, 5) is 33.8. The molecular formula is C32H23ClCrN9O9S. The Hall–Kier alpha value is -6.17. The van der Waals surface area contributed by atoms with Gasteiger partial charge in [0.25, 0.3) is 16.8 Å². The molecule has 0 fully saturated rings. The quantitative estimate of drug-likeness (QED) is 0.0867. The van der Waals surface area contributed by atoms with Crippen molar-refractivity contribution in [1.82, 2.24) is 19.6 Å². The number of aryl methyl sites for hydroxylation is 2. The van der Waals surface area contributed by atoms with Crippen molar-refractivity contribution in [2.75, 3.05) is 0 Å². The predicted molar refractivity (Wildman–Crippen MR) is 182 cm³/mol. The van der Waals surface area contributed by atoms with Crippen LogP contribution in [-0.4, -0.2) is 27.3 Å². The van der Waals surface area contributed by atoms with Gasteiger partial charge in [0.05, 0.1) is 21.2 Å². The van der Waals surface area contributed by atoms with Crippen molar-refractivity contribution in [3.63, 3.8) is 0 Å². The van der Waals surface area contributed by atoms with Crippen molar-refractivity contribution in [2.45, 2.75) is 18.7 Å². The van der Waals surface area contributed by atoms with Gasteiger partial charge in [0, 0.05) is 28.5 Å². The first kappa shape index (κ1) is 39.6. The molecular weight excluding hydrogens is 774 g/mol. The molecule has 0 spiro atoms. The monoisotopic (exact) mass is 796 g/mol. The molecule has 1 radical (unpaired) electrons. The minimum absolute atomic E-state index is 0. The molecule has 0 aliphatic heterocycles. The van der Waals surface area contributed by atoms with Crippen molar-refractivity contribution < 1.29 is 48.3 Å². The minimum atomic E-state index is -5.04. The summed E-state index contributed by atoms with van der Waals surface area (Å²) in [5, 5.41) is 57.5. The van der Waals surface area contributed by atoms with E-state index in [4.69, 9.17) is 11.6 Å². The maximum absolute atomic E-state index is 12.5. The fourth-order valence-electron chi connectivity index (χ4n) is 4.44. The third-order valence-electron chi connectivity index (χ3n) is 6.92. The largest absolute Gasteiger partial charge is 3.00 e. The van der Waals surface area contributed by atoms with Gasteiger partial charge in [0.15, 0.2) is 0 Å². The van der Waals surface area contributed by atoms with E-state index in [9.17, 15) is 42.9 Å². The van der Waals surface area contributed by atoms with Crippen LogP contribution in [0.4, 0.5) is 28.4 Å². The molecule has 18 nitrogen and oxygen atoms in total. The van der Waals surface area contributed by atoms with Gasteiger partial charge >= 0.3 is 20.2 Å². The number of hydrogen-bond acceptors (Lipinski definition) is 13. The van der Waals surface area contributed by atoms with Crippen LogP contribution < -0.4 is 31.5 Å². The van der Waals surface area contributed by atoms with Gasteiger partial charge in [0.2, 0.25) is 0 Å². The van der Waals surface area contributed by atoms with E-state index in [0.29, 0.717) is 17.1 Å². The number of aromatic nitrogens is 4. The summed E-state index contributed by atoms with van der Waals surface area (Å²) >= 11 is 5.73. The van der Waals surface area contributed by atoms with Crippen LogP contribution in [0, 0.1) is 24.0 Å². The second-order valence-corrected chi connectivity index (χ2v) is 12.3. The summed E-state index contributed by atoms with van der Waals surface area (Å²) in [7, 11) is -5.04. The third kappa shape index (κ3) is 9.02. The molecule has 6 rings (SSSR count). The van der Waals surface area contributed by atoms with Gasteiger partial charge in [-0.05, 0) is 42.5 Å². The number of azo groups is 2. The van der Waals surface area contributed by atoms with Crippen LogP contribution in [0.3, 0.4) is 0 Å². The van der Waals surface area contributed by atoms with Gasteiger partial charge in [-0.15, -0.1) is 21.6 Å². The Balaban J connectivity index is 0.000000361. The van der Waals surface area contributed by atoms with Crippen LogP contribution in [0.25, 0.3) is 11.4 Å². The van der Waals surface area contributed by atoms with Gasteiger partial charge in [-0.3, -0.25) is 19.7 Å². The molecule has 0 N–H and O–H groups in total. The van der Waals surface area contributed by atoms with E-state index < -0.39 is 48.2 Å². The van der Waals surface area contributed by atoms with E-state index in [-0.39, 0.29) is 53.7 Å². The summed E-state index contributed by atoms with van der Waals surface area (Å²) in [5.74, 6) is -1.81. The second-order valence-electron chi connectivity index (χ2n) is 10.5. The molecule has 4 aromatic carbocycles. The van der Waals surface area contributed by atoms with Gasteiger partial charge in [0.1, 0.15) is 21.5 Å². The molecule has 0 saturated carbocycles. The van der Waals surface area contributed by atoms with E-state index in [1.807, 2.05) is 6.07 Å². The Morgan fingerprint density at radius 1 is 0.736 bits per heavy atom. The van der Waals surface area contributed by atoms with E-state index in [2.05, 4.69) is 30.7 Å². The minimum Gasteiger partial charge on any atom is -0.871 e. The zero-order chi connectivity index (χ0) is 37.7. The zero-order valence-corrected chi connectivity index (χ0v) is 29.9. The van der Waals surface area contributed by atoms with Gasteiger partial charge in [-0.25, -0.2) is 8.42 Å². The fourth-order valence-corrected chi connectivity index (χ4v) is 5.32. The van der Waals surface area contributed by atoms with E-state index in [1.165, 1.54) is 17.7 Å². The zero-order valence-electron chi connectivity index (χ0n) is 29.1. The number of benzene rings is 4. The molecule has 0 atom stereocenters. The topological polar surface area (TPSA) is 268 Å². The molecule has 0 aliphatic rings. The Morgan fingerprint density at radius 2 is 1.21 bits per heavy atom. The molecule has 21 heteroatoms. The summed E-state index contributed by atoms with van der Waals surface area (Å²) in [6, 6.07) is 22.4. The number of rotatable bonds is 8. The number of nitrogens with zero attached hydrogens (tertiary/aromatic N) is 9. The molecule has 2 heterocycles. The smallest absolute Gasteiger partial charge is 0.871 e. The van der Waals surface area contributed by atoms with Crippen molar-refractivity contribution in [3.05, 3.63) is 138 Å². The van der Waals surface area contributed by atoms with E-state index in [0.717, 1.165) is 28.9 Å². The third-order valence-corrected chi connectivity index (χ3v) is 7.98. The first-order valence-electron chi connectivity index (χ1n) is 14.5. The summed E-state index contributed by atoms with van der Waals surface area (Å²) in [6.07, 6.45) is 0. The fraction of sp³-hybridized carbons (Fsp3) is 0.0625. The van der Waals surface area contributed by atoms with Gasteiger partial charge in [-0.2, -0.15) is 10.2 Å². The van der Waals surface area contributed by atoms with Crippen LogP contribution in [-0.2, 0) is 27.5 Å². The van der Waals surface area contributed by atoms with Gasteiger partial charge in [-0.1, -0.05) is 73.3 Å². The molecule has 0 saturated heterocycles. The molecule has 269 valence electrons. The molecule has 0 unspecified atom stereocenters. The first-order valence-corrected chi connectivity index (χ1v) is 16.3. The number of para-hydroxylation sites is 2. The van der Waals surface area contributed by atoms with Gasteiger partial charge < -0.3 is 34.3 Å². The Morgan fingerprint density at radius 3 is 1.64 bits per heavy atom. The molecule has 0 bridgehead atoms. The van der Waals surface area contributed by atoms with Crippen molar-refractivity contribution in [2.24, 2.45) is 20.5 Å². The normalized spacial score (nSPS) is 11.3. The number of nitro groups is 1. The van der Waals surface area contributed by atoms with Crippen LogP contribution in [0.15, 0.2) is 126 Å². The molecule has 53 heavy (non-hydrogen) atoms. The molecule has 0 aliphatic carbocycles. The molecule has 2 aromatic heterocycles. The number of nitro benzene ring substituents is 1. The average molecular weight is 797 g/mol. The maximum Gasteiger partial charge on any atom is 3.00 e. The summed E-state index contributed by atoms with van der Waals surface area (Å²) in [6.45, 7) is 3.13. The van der Waals surface area contributed by atoms with Crippen LogP contribution in [0.2, 0.25) is 5.02 Å². The number of halogens is 1.